The van der Waals surface area contributed by atoms with Crippen LogP contribution in [0.3, 0.4) is 0 Å². The van der Waals surface area contributed by atoms with E-state index in [-0.39, 0.29) is 24.1 Å². The highest BCUT2D eigenvalue weighted by atomic mass is 16.3. The number of hydrogen-bond donors (Lipinski definition) is 2. The Morgan fingerprint density at radius 2 is 1.84 bits per heavy atom. The summed E-state index contributed by atoms with van der Waals surface area (Å²) in [5, 5.41) is 12.4. The number of nitrogens with zero attached hydrogens (tertiary/aromatic N) is 1. The Hall–Kier alpha value is -2.33. The predicted octanol–water partition coefficient (Wildman–Crippen LogP) is 3.76. The van der Waals surface area contributed by atoms with Gasteiger partial charge in [-0.1, -0.05) is 48.5 Å². The van der Waals surface area contributed by atoms with Crippen LogP contribution in [-0.2, 0) is 5.41 Å². The van der Waals surface area contributed by atoms with Gasteiger partial charge in [0, 0.05) is 24.3 Å². The van der Waals surface area contributed by atoms with Crippen molar-refractivity contribution >= 4 is 11.7 Å². The predicted molar refractivity (Wildman–Crippen MR) is 98.7 cm³/mol. The van der Waals surface area contributed by atoms with E-state index < -0.39 is 0 Å². The zero-order valence-corrected chi connectivity index (χ0v) is 14.3. The summed E-state index contributed by atoms with van der Waals surface area (Å²) >= 11 is 0. The zero-order chi connectivity index (χ0) is 17.3. The summed E-state index contributed by atoms with van der Waals surface area (Å²) in [5.74, 6) is 0. The van der Waals surface area contributed by atoms with E-state index in [9.17, 15) is 9.90 Å². The van der Waals surface area contributed by atoms with E-state index in [1.54, 1.807) is 0 Å². The number of aliphatic hydroxyl groups is 1. The molecule has 2 aliphatic rings. The molecule has 1 atom stereocenters. The number of aliphatic hydroxyl groups excluding tert-OH is 1. The summed E-state index contributed by atoms with van der Waals surface area (Å²) in [4.78, 5) is 14.9. The number of urea groups is 1. The maximum atomic E-state index is 13.0. The third kappa shape index (κ3) is 3.02. The molecule has 1 heterocycles. The van der Waals surface area contributed by atoms with Crippen LogP contribution >= 0.6 is 0 Å². The molecular weight excluding hydrogens is 312 g/mol. The highest BCUT2D eigenvalue weighted by molar-refractivity contribution is 5.95. The first-order valence-electron chi connectivity index (χ1n) is 9.07. The minimum Gasteiger partial charge on any atom is -0.396 e. The standard InChI is InChI=1S/C21H24N2O2/c24-14-6-10-18(16-7-2-1-3-8-16)22-20(25)23-15-21(12-13-21)17-9-4-5-11-19(17)23/h1-5,7-9,11,18,24H,6,10,12-15H2,(H,22,25)/t18-/m0/s1. The molecule has 2 N–H and O–H groups in total. The Morgan fingerprint density at radius 1 is 1.12 bits per heavy atom. The van der Waals surface area contributed by atoms with Crippen LogP contribution < -0.4 is 10.2 Å². The Morgan fingerprint density at radius 3 is 2.56 bits per heavy atom. The van der Waals surface area contributed by atoms with Crippen LogP contribution in [0.2, 0.25) is 0 Å². The highest BCUT2D eigenvalue weighted by Crippen LogP contribution is 2.56. The first-order chi connectivity index (χ1) is 12.2. The lowest BCUT2D eigenvalue weighted by molar-refractivity contribution is 0.238. The molecule has 1 aliphatic carbocycles. The average molecular weight is 336 g/mol. The Bertz CT molecular complexity index is 756. The van der Waals surface area contributed by atoms with Gasteiger partial charge in [-0.05, 0) is 42.9 Å². The topological polar surface area (TPSA) is 52.6 Å². The normalized spacial score (nSPS) is 18.0. The molecule has 4 rings (SSSR count). The minimum absolute atomic E-state index is 0.0389. The first-order valence-corrected chi connectivity index (χ1v) is 9.07. The van der Waals surface area contributed by atoms with E-state index in [2.05, 4.69) is 17.4 Å². The van der Waals surface area contributed by atoms with Gasteiger partial charge in [-0.25, -0.2) is 4.79 Å². The van der Waals surface area contributed by atoms with Crippen LogP contribution in [0.5, 0.6) is 0 Å². The summed E-state index contributed by atoms with van der Waals surface area (Å²) in [6.07, 6.45) is 3.73. The largest absolute Gasteiger partial charge is 0.396 e. The van der Waals surface area contributed by atoms with Crippen molar-refractivity contribution < 1.29 is 9.90 Å². The third-order valence-corrected chi connectivity index (χ3v) is 5.48. The average Bonchev–Trinajstić information content (AvgIpc) is 3.36. The van der Waals surface area contributed by atoms with Crippen LogP contribution in [0.15, 0.2) is 54.6 Å². The number of para-hydroxylation sites is 1. The molecule has 130 valence electrons. The Kier molecular flexibility index (Phi) is 4.22. The lowest BCUT2D eigenvalue weighted by Gasteiger charge is -2.24. The second-order valence-corrected chi connectivity index (χ2v) is 7.16. The first kappa shape index (κ1) is 16.2. The summed E-state index contributed by atoms with van der Waals surface area (Å²) < 4.78 is 0. The fourth-order valence-corrected chi connectivity index (χ4v) is 3.92. The highest BCUT2D eigenvalue weighted by Gasteiger charge is 2.52. The van der Waals surface area contributed by atoms with Gasteiger partial charge in [0.15, 0.2) is 0 Å². The van der Waals surface area contributed by atoms with Crippen molar-refractivity contribution in [2.45, 2.75) is 37.1 Å². The van der Waals surface area contributed by atoms with E-state index in [4.69, 9.17) is 0 Å². The number of carbonyl (C=O) groups excluding carboxylic acids is 1. The van der Waals surface area contributed by atoms with E-state index in [0.29, 0.717) is 6.42 Å². The van der Waals surface area contributed by atoms with Crippen LogP contribution in [0, 0.1) is 0 Å². The lowest BCUT2D eigenvalue weighted by Crippen LogP contribution is -2.42. The summed E-state index contributed by atoms with van der Waals surface area (Å²) in [6, 6.07) is 18.2. The van der Waals surface area contributed by atoms with Gasteiger partial charge in [-0.15, -0.1) is 0 Å². The number of benzene rings is 2. The number of carbonyl (C=O) groups is 1. The van der Waals surface area contributed by atoms with Crippen LogP contribution in [0.25, 0.3) is 0 Å². The van der Waals surface area contributed by atoms with Gasteiger partial charge in [0.25, 0.3) is 0 Å². The second-order valence-electron chi connectivity index (χ2n) is 7.16. The van der Waals surface area contributed by atoms with Crippen LogP contribution in [0.1, 0.15) is 42.9 Å². The van der Waals surface area contributed by atoms with Crippen LogP contribution in [-0.4, -0.2) is 24.3 Å². The quantitative estimate of drug-likeness (QED) is 0.873. The molecule has 2 aromatic rings. The fourth-order valence-electron chi connectivity index (χ4n) is 3.92. The van der Waals surface area contributed by atoms with Crippen molar-refractivity contribution in [3.8, 4) is 0 Å². The molecule has 1 aliphatic heterocycles. The summed E-state index contributed by atoms with van der Waals surface area (Å²) in [7, 11) is 0. The van der Waals surface area contributed by atoms with Crippen molar-refractivity contribution in [3.05, 3.63) is 65.7 Å². The number of anilines is 1. The molecule has 25 heavy (non-hydrogen) atoms. The number of rotatable bonds is 5. The summed E-state index contributed by atoms with van der Waals surface area (Å²) in [5.41, 5.74) is 3.64. The van der Waals surface area contributed by atoms with E-state index >= 15 is 0 Å². The van der Waals surface area contributed by atoms with Crippen molar-refractivity contribution in [1.29, 1.82) is 0 Å². The number of amides is 2. The number of hydrogen-bond acceptors (Lipinski definition) is 2. The third-order valence-electron chi connectivity index (χ3n) is 5.48. The molecule has 1 saturated carbocycles. The molecule has 0 bridgehead atoms. The van der Waals surface area contributed by atoms with Crippen LogP contribution in [0.4, 0.5) is 10.5 Å². The van der Waals surface area contributed by atoms with E-state index in [0.717, 1.165) is 24.2 Å². The molecule has 4 nitrogen and oxygen atoms in total. The Labute approximate surface area is 148 Å². The van der Waals surface area contributed by atoms with Crippen molar-refractivity contribution in [1.82, 2.24) is 5.32 Å². The molecule has 0 aromatic heterocycles. The van der Waals surface area contributed by atoms with Gasteiger partial charge in [0.05, 0.1) is 6.04 Å². The summed E-state index contributed by atoms with van der Waals surface area (Å²) in [6.45, 7) is 0.911. The van der Waals surface area contributed by atoms with E-state index in [1.807, 2.05) is 47.4 Å². The fraction of sp³-hybridized carbons (Fsp3) is 0.381. The molecule has 0 unspecified atom stereocenters. The van der Waals surface area contributed by atoms with Gasteiger partial charge < -0.3 is 10.4 Å². The minimum atomic E-state index is -0.0798. The second kappa shape index (κ2) is 6.52. The maximum absolute atomic E-state index is 13.0. The van der Waals surface area contributed by atoms with Crippen molar-refractivity contribution in [2.24, 2.45) is 0 Å². The molecule has 2 amide bonds. The Balaban J connectivity index is 1.54. The molecule has 1 spiro atoms. The molecule has 1 fully saturated rings. The zero-order valence-electron chi connectivity index (χ0n) is 14.3. The molecular formula is C21H24N2O2. The lowest BCUT2D eigenvalue weighted by atomic mass is 9.99. The van der Waals surface area contributed by atoms with Gasteiger partial charge in [0.1, 0.15) is 0 Å². The van der Waals surface area contributed by atoms with Gasteiger partial charge in [0.2, 0.25) is 0 Å². The van der Waals surface area contributed by atoms with Gasteiger partial charge in [-0.3, -0.25) is 4.90 Å². The number of fused-ring (bicyclic) bond motifs is 2. The van der Waals surface area contributed by atoms with Crippen molar-refractivity contribution in [2.75, 3.05) is 18.1 Å². The maximum Gasteiger partial charge on any atom is 0.322 e. The van der Waals surface area contributed by atoms with Crippen molar-refractivity contribution in [3.63, 3.8) is 0 Å². The smallest absolute Gasteiger partial charge is 0.322 e. The molecule has 2 aromatic carbocycles. The van der Waals surface area contributed by atoms with E-state index in [1.165, 1.54) is 18.4 Å². The van der Waals surface area contributed by atoms with Gasteiger partial charge in [-0.2, -0.15) is 0 Å². The molecule has 4 heteroatoms. The number of nitrogens with one attached hydrogen (secondary N) is 1. The molecule has 0 radical (unpaired) electrons. The molecule has 0 saturated heterocycles. The SMILES string of the molecule is O=C(N[C@@H](CCCO)c1ccccc1)N1CC2(CC2)c2ccccc21. The monoisotopic (exact) mass is 336 g/mol. The van der Waals surface area contributed by atoms with Gasteiger partial charge >= 0.3 is 6.03 Å².